The van der Waals surface area contributed by atoms with Gasteiger partial charge in [-0.3, -0.25) is 4.79 Å². The van der Waals surface area contributed by atoms with Crippen molar-refractivity contribution >= 4 is 34.2 Å². The molecule has 1 fully saturated rings. The largest absolute Gasteiger partial charge is 0.462 e. The summed E-state index contributed by atoms with van der Waals surface area (Å²) in [7, 11) is 0. The number of likely N-dealkylation sites (tertiary alicyclic amines) is 1. The van der Waals surface area contributed by atoms with Crippen molar-refractivity contribution in [2.24, 2.45) is 0 Å². The highest BCUT2D eigenvalue weighted by molar-refractivity contribution is 7.18. The van der Waals surface area contributed by atoms with E-state index in [2.05, 4.69) is 5.32 Å². The molecule has 0 saturated carbocycles. The fourth-order valence-corrected chi connectivity index (χ4v) is 4.00. The van der Waals surface area contributed by atoms with Gasteiger partial charge in [-0.05, 0) is 26.3 Å². The van der Waals surface area contributed by atoms with Gasteiger partial charge in [0.15, 0.2) is 6.54 Å². The van der Waals surface area contributed by atoms with Crippen LogP contribution in [0.25, 0.3) is 0 Å². The number of rotatable bonds is 7. The number of nitrogens with one attached hydrogen (secondary N) is 2. The summed E-state index contributed by atoms with van der Waals surface area (Å²) in [4.78, 5) is 38.2. The van der Waals surface area contributed by atoms with E-state index >= 15 is 0 Å². The maximum Gasteiger partial charge on any atom is 0.348 e. The third-order valence-corrected chi connectivity index (χ3v) is 5.25. The van der Waals surface area contributed by atoms with E-state index in [1.807, 2.05) is 0 Å². The number of ether oxygens (including phenoxy) is 2. The van der Waals surface area contributed by atoms with E-state index in [0.29, 0.717) is 22.0 Å². The SMILES string of the molecule is CCOC(=O)c1sc(NC(=O)C[NH+]2CCCC2)c(C(=O)OCC)c1C. The summed E-state index contributed by atoms with van der Waals surface area (Å²) in [6, 6.07) is 0. The van der Waals surface area contributed by atoms with Crippen LogP contribution in [0.2, 0.25) is 0 Å². The Morgan fingerprint density at radius 2 is 1.68 bits per heavy atom. The molecule has 0 aliphatic carbocycles. The fourth-order valence-electron chi connectivity index (χ4n) is 2.89. The molecule has 7 nitrogen and oxygen atoms in total. The fraction of sp³-hybridized carbons (Fsp3) is 0.588. The molecule has 0 radical (unpaired) electrons. The molecule has 2 heterocycles. The molecule has 25 heavy (non-hydrogen) atoms. The van der Waals surface area contributed by atoms with Crippen LogP contribution in [0.3, 0.4) is 0 Å². The van der Waals surface area contributed by atoms with Crippen molar-refractivity contribution in [3.8, 4) is 0 Å². The Morgan fingerprint density at radius 1 is 1.08 bits per heavy atom. The lowest BCUT2D eigenvalue weighted by Crippen LogP contribution is -3.11. The van der Waals surface area contributed by atoms with Crippen molar-refractivity contribution in [2.45, 2.75) is 33.6 Å². The molecule has 0 atom stereocenters. The Labute approximate surface area is 151 Å². The second-order valence-corrected chi connectivity index (χ2v) is 6.90. The van der Waals surface area contributed by atoms with E-state index in [1.165, 1.54) is 4.90 Å². The molecule has 2 N–H and O–H groups in total. The number of quaternary nitrogens is 1. The summed E-state index contributed by atoms with van der Waals surface area (Å²) in [5.41, 5.74) is 0.713. The van der Waals surface area contributed by atoms with E-state index in [9.17, 15) is 14.4 Å². The molecular weight excluding hydrogens is 344 g/mol. The molecule has 0 spiro atoms. The van der Waals surface area contributed by atoms with Gasteiger partial charge in [-0.2, -0.15) is 0 Å². The van der Waals surface area contributed by atoms with Crippen LogP contribution in [-0.4, -0.2) is 50.7 Å². The Hall–Kier alpha value is -1.93. The van der Waals surface area contributed by atoms with Gasteiger partial charge in [0.1, 0.15) is 9.88 Å². The summed E-state index contributed by atoms with van der Waals surface area (Å²) >= 11 is 1.06. The van der Waals surface area contributed by atoms with Crippen LogP contribution in [0.1, 0.15) is 52.3 Å². The number of amides is 1. The Balaban J connectivity index is 2.23. The van der Waals surface area contributed by atoms with Crippen molar-refractivity contribution in [3.05, 3.63) is 16.0 Å². The van der Waals surface area contributed by atoms with Gasteiger partial charge in [0.25, 0.3) is 5.91 Å². The molecular formula is C17H25N2O5S+. The zero-order valence-corrected chi connectivity index (χ0v) is 15.7. The van der Waals surface area contributed by atoms with Crippen LogP contribution in [-0.2, 0) is 14.3 Å². The highest BCUT2D eigenvalue weighted by Gasteiger charge is 2.28. The predicted octanol–water partition coefficient (Wildman–Crippen LogP) is 1.03. The summed E-state index contributed by atoms with van der Waals surface area (Å²) in [5, 5.41) is 3.13. The minimum atomic E-state index is -0.546. The van der Waals surface area contributed by atoms with Gasteiger partial charge in [0, 0.05) is 12.8 Å². The van der Waals surface area contributed by atoms with Crippen molar-refractivity contribution in [1.29, 1.82) is 0 Å². The lowest BCUT2D eigenvalue weighted by Gasteiger charge is -2.12. The van der Waals surface area contributed by atoms with E-state index in [4.69, 9.17) is 9.47 Å². The Bertz CT molecular complexity index is 650. The quantitative estimate of drug-likeness (QED) is 0.701. The van der Waals surface area contributed by atoms with Gasteiger partial charge < -0.3 is 19.7 Å². The number of carbonyl (C=O) groups is 3. The van der Waals surface area contributed by atoms with Crippen LogP contribution in [0.4, 0.5) is 5.00 Å². The smallest absolute Gasteiger partial charge is 0.348 e. The van der Waals surface area contributed by atoms with Crippen LogP contribution >= 0.6 is 11.3 Å². The third-order valence-electron chi connectivity index (χ3n) is 4.06. The Kier molecular flexibility index (Phi) is 6.95. The average molecular weight is 369 g/mol. The van der Waals surface area contributed by atoms with Gasteiger partial charge >= 0.3 is 11.9 Å². The minimum absolute atomic E-state index is 0.167. The highest BCUT2D eigenvalue weighted by atomic mass is 32.1. The second-order valence-electron chi connectivity index (χ2n) is 5.88. The van der Waals surface area contributed by atoms with E-state index in [1.54, 1.807) is 20.8 Å². The first-order valence-electron chi connectivity index (χ1n) is 8.58. The van der Waals surface area contributed by atoms with Crippen molar-refractivity contribution in [3.63, 3.8) is 0 Å². The summed E-state index contributed by atoms with van der Waals surface area (Å²) < 4.78 is 10.1. The summed E-state index contributed by atoms with van der Waals surface area (Å²) in [5.74, 6) is -1.21. The van der Waals surface area contributed by atoms with Crippen LogP contribution in [0, 0.1) is 6.92 Å². The molecule has 1 aliphatic rings. The number of hydrogen-bond acceptors (Lipinski definition) is 6. The average Bonchev–Trinajstić information content (AvgIpc) is 3.15. The zero-order valence-electron chi connectivity index (χ0n) is 14.9. The third kappa shape index (κ3) is 4.79. The maximum absolute atomic E-state index is 12.3. The normalized spacial score (nSPS) is 14.4. The van der Waals surface area contributed by atoms with Crippen molar-refractivity contribution in [2.75, 3.05) is 38.2 Å². The van der Waals surface area contributed by atoms with Crippen LogP contribution in [0.5, 0.6) is 0 Å². The highest BCUT2D eigenvalue weighted by Crippen LogP contribution is 2.34. The predicted molar refractivity (Wildman–Crippen MR) is 94.4 cm³/mol. The van der Waals surface area contributed by atoms with Gasteiger partial charge in [-0.15, -0.1) is 11.3 Å². The van der Waals surface area contributed by atoms with Crippen LogP contribution < -0.4 is 10.2 Å². The molecule has 1 saturated heterocycles. The van der Waals surface area contributed by atoms with Crippen LogP contribution in [0.15, 0.2) is 0 Å². The van der Waals surface area contributed by atoms with E-state index in [0.717, 1.165) is 37.3 Å². The standard InChI is InChI=1S/C17H24N2O5S/c1-4-23-16(21)13-11(3)14(17(22)24-5-2)25-15(13)18-12(20)10-19-8-6-7-9-19/h4-10H2,1-3H3,(H,18,20)/p+1. The molecule has 1 aliphatic heterocycles. The molecule has 138 valence electrons. The summed E-state index contributed by atoms with van der Waals surface area (Å²) in [6.45, 7) is 7.87. The monoisotopic (exact) mass is 369 g/mol. The van der Waals surface area contributed by atoms with Gasteiger partial charge in [0.05, 0.1) is 31.9 Å². The number of thiophene rings is 1. The second kappa shape index (κ2) is 8.96. The molecule has 1 aromatic rings. The molecule has 1 aromatic heterocycles. The summed E-state index contributed by atoms with van der Waals surface area (Å²) in [6.07, 6.45) is 2.25. The van der Waals surface area contributed by atoms with Crippen molar-refractivity contribution in [1.82, 2.24) is 0 Å². The lowest BCUT2D eigenvalue weighted by atomic mass is 10.1. The molecule has 8 heteroatoms. The van der Waals surface area contributed by atoms with Crippen molar-refractivity contribution < 1.29 is 28.8 Å². The minimum Gasteiger partial charge on any atom is -0.462 e. The molecule has 1 amide bonds. The van der Waals surface area contributed by atoms with Gasteiger partial charge in [-0.1, -0.05) is 0 Å². The van der Waals surface area contributed by atoms with E-state index < -0.39 is 11.9 Å². The van der Waals surface area contributed by atoms with E-state index in [-0.39, 0.29) is 24.7 Å². The number of carbonyl (C=O) groups excluding carboxylic acids is 3. The molecule has 2 rings (SSSR count). The van der Waals surface area contributed by atoms with Gasteiger partial charge in [0.2, 0.25) is 0 Å². The maximum atomic E-state index is 12.3. The van der Waals surface area contributed by atoms with Gasteiger partial charge in [-0.25, -0.2) is 9.59 Å². The topological polar surface area (TPSA) is 86.1 Å². The molecule has 0 aromatic carbocycles. The zero-order chi connectivity index (χ0) is 18.4. The Morgan fingerprint density at radius 3 is 2.28 bits per heavy atom. The number of esters is 2. The first-order valence-corrected chi connectivity index (χ1v) is 9.40. The lowest BCUT2D eigenvalue weighted by molar-refractivity contribution is -0.878. The molecule has 0 bridgehead atoms. The first kappa shape index (κ1) is 19.4. The first-order chi connectivity index (χ1) is 12.0. The molecule has 0 unspecified atom stereocenters. The number of hydrogen-bond donors (Lipinski definition) is 2. The number of anilines is 1.